The molecule has 0 atom stereocenters. The van der Waals surface area contributed by atoms with E-state index in [1.54, 1.807) is 18.2 Å². The summed E-state index contributed by atoms with van der Waals surface area (Å²) in [5.74, 6) is -1.85. The number of amides is 3. The summed E-state index contributed by atoms with van der Waals surface area (Å²) < 4.78 is 0.872. The Bertz CT molecular complexity index is 474. The van der Waals surface area contributed by atoms with Crippen LogP contribution in [-0.4, -0.2) is 35.7 Å². The average Bonchev–Trinajstić information content (AvgIpc) is 2.26. The Morgan fingerprint density at radius 2 is 1.67 bits per heavy atom. The van der Waals surface area contributed by atoms with Crippen molar-refractivity contribution in [2.45, 2.75) is 0 Å². The van der Waals surface area contributed by atoms with Crippen LogP contribution in [0, 0.1) is 3.57 Å². The number of carbonyl (C=O) groups excluding carboxylic acids is 3. The summed E-state index contributed by atoms with van der Waals surface area (Å²) in [6.45, 7) is -0.680. The van der Waals surface area contributed by atoms with Crippen molar-refractivity contribution < 1.29 is 14.4 Å². The molecule has 0 aliphatic rings. The molecule has 1 aromatic carbocycles. The molecule has 96 valence electrons. The van der Waals surface area contributed by atoms with Gasteiger partial charge in [0.2, 0.25) is 11.8 Å². The number of primary amides is 2. The lowest BCUT2D eigenvalue weighted by Crippen LogP contribution is -2.43. The molecule has 1 aromatic rings. The van der Waals surface area contributed by atoms with E-state index in [0.29, 0.717) is 5.56 Å². The van der Waals surface area contributed by atoms with Crippen LogP contribution in [0.25, 0.3) is 0 Å². The zero-order chi connectivity index (χ0) is 13.7. The van der Waals surface area contributed by atoms with Crippen molar-refractivity contribution in [1.82, 2.24) is 4.90 Å². The van der Waals surface area contributed by atoms with Crippen LogP contribution in [0.4, 0.5) is 0 Å². The fourth-order valence-electron chi connectivity index (χ4n) is 1.38. The Labute approximate surface area is 117 Å². The minimum atomic E-state index is -0.699. The topological polar surface area (TPSA) is 106 Å². The van der Waals surface area contributed by atoms with E-state index in [9.17, 15) is 14.4 Å². The van der Waals surface area contributed by atoms with Gasteiger partial charge in [0.25, 0.3) is 5.91 Å². The smallest absolute Gasteiger partial charge is 0.254 e. The molecule has 0 aliphatic heterocycles. The van der Waals surface area contributed by atoms with Gasteiger partial charge in [-0.05, 0) is 40.8 Å². The number of benzene rings is 1. The lowest BCUT2D eigenvalue weighted by molar-refractivity contribution is -0.121. The van der Waals surface area contributed by atoms with Crippen molar-refractivity contribution in [2.75, 3.05) is 13.1 Å². The molecule has 0 aromatic heterocycles. The number of carbonyl (C=O) groups is 3. The SMILES string of the molecule is NC(=O)CN(CC(N)=O)C(=O)c1cccc(I)c1. The fourth-order valence-corrected chi connectivity index (χ4v) is 1.92. The third-order valence-corrected chi connectivity index (χ3v) is 2.72. The Kier molecular flexibility index (Phi) is 5.08. The molecule has 0 heterocycles. The molecule has 0 spiro atoms. The van der Waals surface area contributed by atoms with Crippen LogP contribution >= 0.6 is 22.6 Å². The molecule has 0 unspecified atom stereocenters. The van der Waals surface area contributed by atoms with Crippen LogP contribution in [0.3, 0.4) is 0 Å². The maximum Gasteiger partial charge on any atom is 0.254 e. The van der Waals surface area contributed by atoms with Gasteiger partial charge in [-0.2, -0.15) is 0 Å². The molecule has 0 saturated carbocycles. The highest BCUT2D eigenvalue weighted by Crippen LogP contribution is 2.10. The zero-order valence-electron chi connectivity index (χ0n) is 9.43. The summed E-state index contributed by atoms with van der Waals surface area (Å²) in [6, 6.07) is 6.78. The summed E-state index contributed by atoms with van der Waals surface area (Å²) in [5, 5.41) is 0. The number of nitrogens with zero attached hydrogens (tertiary/aromatic N) is 1. The highest BCUT2D eigenvalue weighted by molar-refractivity contribution is 14.1. The van der Waals surface area contributed by atoms with Crippen LogP contribution in [0.15, 0.2) is 24.3 Å². The van der Waals surface area contributed by atoms with Gasteiger partial charge in [-0.1, -0.05) is 6.07 Å². The van der Waals surface area contributed by atoms with Gasteiger partial charge >= 0.3 is 0 Å². The summed E-state index contributed by atoms with van der Waals surface area (Å²) >= 11 is 2.06. The van der Waals surface area contributed by atoms with Gasteiger partial charge in [0.1, 0.15) is 13.1 Å². The van der Waals surface area contributed by atoms with E-state index in [2.05, 4.69) is 22.6 Å². The molecule has 0 bridgehead atoms. The van der Waals surface area contributed by atoms with Crippen molar-refractivity contribution in [2.24, 2.45) is 11.5 Å². The van der Waals surface area contributed by atoms with Gasteiger partial charge < -0.3 is 16.4 Å². The molecule has 0 fully saturated rings. The highest BCUT2D eigenvalue weighted by atomic mass is 127. The lowest BCUT2D eigenvalue weighted by atomic mass is 10.2. The van der Waals surface area contributed by atoms with E-state index in [-0.39, 0.29) is 13.1 Å². The first-order valence-corrected chi connectivity index (χ1v) is 6.09. The summed E-state index contributed by atoms with van der Waals surface area (Å²) in [4.78, 5) is 34.8. The predicted octanol–water partition coefficient (Wildman–Crippen LogP) is -0.296. The first kappa shape index (κ1) is 14.4. The second-order valence-corrected chi connectivity index (χ2v) is 4.85. The second-order valence-electron chi connectivity index (χ2n) is 3.60. The molecule has 6 nitrogen and oxygen atoms in total. The normalized spacial score (nSPS) is 9.83. The number of halogens is 1. The second kappa shape index (κ2) is 6.34. The first-order chi connectivity index (χ1) is 8.40. The van der Waals surface area contributed by atoms with Gasteiger partial charge in [-0.25, -0.2) is 0 Å². The molecule has 7 heteroatoms. The molecule has 1 rings (SSSR count). The van der Waals surface area contributed by atoms with E-state index < -0.39 is 17.7 Å². The van der Waals surface area contributed by atoms with Gasteiger partial charge in [0.05, 0.1) is 0 Å². The standard InChI is InChI=1S/C11H12IN3O3/c12-8-3-1-2-7(4-8)11(18)15(5-9(13)16)6-10(14)17/h1-4H,5-6H2,(H2,13,16)(H2,14,17). The maximum atomic E-state index is 12.1. The predicted molar refractivity (Wildman–Crippen MR) is 73.5 cm³/mol. The Balaban J connectivity index is 2.94. The Morgan fingerprint density at radius 1 is 1.11 bits per heavy atom. The molecule has 18 heavy (non-hydrogen) atoms. The van der Waals surface area contributed by atoms with E-state index in [4.69, 9.17) is 11.5 Å². The van der Waals surface area contributed by atoms with Crippen molar-refractivity contribution in [3.05, 3.63) is 33.4 Å². The lowest BCUT2D eigenvalue weighted by Gasteiger charge is -2.19. The van der Waals surface area contributed by atoms with Gasteiger partial charge in [0, 0.05) is 9.13 Å². The molecule has 0 saturated heterocycles. The van der Waals surface area contributed by atoms with E-state index in [1.165, 1.54) is 0 Å². The van der Waals surface area contributed by atoms with Crippen LogP contribution in [-0.2, 0) is 9.59 Å². The minimum Gasteiger partial charge on any atom is -0.368 e. The van der Waals surface area contributed by atoms with Crippen molar-refractivity contribution in [3.63, 3.8) is 0 Å². The van der Waals surface area contributed by atoms with Crippen LogP contribution in [0.2, 0.25) is 0 Å². The number of hydrogen-bond donors (Lipinski definition) is 2. The van der Waals surface area contributed by atoms with Crippen LogP contribution in [0.1, 0.15) is 10.4 Å². The van der Waals surface area contributed by atoms with Crippen molar-refractivity contribution in [3.8, 4) is 0 Å². The molecular weight excluding hydrogens is 349 g/mol. The molecule has 0 aliphatic carbocycles. The zero-order valence-corrected chi connectivity index (χ0v) is 11.6. The Morgan fingerprint density at radius 3 is 2.11 bits per heavy atom. The van der Waals surface area contributed by atoms with Gasteiger partial charge in [-0.15, -0.1) is 0 Å². The fraction of sp³-hybridized carbons (Fsp3) is 0.182. The van der Waals surface area contributed by atoms with Gasteiger partial charge in [-0.3, -0.25) is 14.4 Å². The van der Waals surface area contributed by atoms with Crippen molar-refractivity contribution in [1.29, 1.82) is 0 Å². The molecule has 3 amide bonds. The average molecular weight is 361 g/mol. The molecular formula is C11H12IN3O3. The third-order valence-electron chi connectivity index (χ3n) is 2.05. The number of rotatable bonds is 5. The van der Waals surface area contributed by atoms with Crippen LogP contribution in [0.5, 0.6) is 0 Å². The largest absolute Gasteiger partial charge is 0.368 e. The molecule has 0 radical (unpaired) electrons. The third kappa shape index (κ3) is 4.32. The van der Waals surface area contributed by atoms with Crippen molar-refractivity contribution >= 4 is 40.3 Å². The minimum absolute atomic E-state index is 0.340. The van der Waals surface area contributed by atoms with Gasteiger partial charge in [0.15, 0.2) is 0 Å². The van der Waals surface area contributed by atoms with E-state index in [0.717, 1.165) is 8.47 Å². The monoisotopic (exact) mass is 361 g/mol. The highest BCUT2D eigenvalue weighted by Gasteiger charge is 2.19. The Hall–Kier alpha value is -1.64. The molecule has 4 N–H and O–H groups in total. The maximum absolute atomic E-state index is 12.1. The quantitative estimate of drug-likeness (QED) is 0.704. The first-order valence-electron chi connectivity index (χ1n) is 5.01. The summed E-state index contributed by atoms with van der Waals surface area (Å²) in [5.41, 5.74) is 10.4. The van der Waals surface area contributed by atoms with E-state index in [1.807, 2.05) is 6.07 Å². The number of hydrogen-bond acceptors (Lipinski definition) is 3. The van der Waals surface area contributed by atoms with Crippen LogP contribution < -0.4 is 11.5 Å². The van der Waals surface area contributed by atoms with E-state index >= 15 is 0 Å². The summed E-state index contributed by atoms with van der Waals surface area (Å²) in [7, 11) is 0. The summed E-state index contributed by atoms with van der Waals surface area (Å²) in [6.07, 6.45) is 0. The number of nitrogens with two attached hydrogens (primary N) is 2.